The van der Waals surface area contributed by atoms with Gasteiger partial charge in [0.05, 0.1) is 34.4 Å². The highest BCUT2D eigenvalue weighted by Gasteiger charge is 2.25. The Morgan fingerprint density at radius 2 is 0.654 bits per heavy atom. The van der Waals surface area contributed by atoms with Gasteiger partial charge in [-0.3, -0.25) is 9.59 Å². The summed E-state index contributed by atoms with van der Waals surface area (Å²) in [5, 5.41) is 9.74. The first-order valence-corrected chi connectivity index (χ1v) is 34.4. The van der Waals surface area contributed by atoms with Crippen molar-refractivity contribution in [3.63, 3.8) is 0 Å². The molecule has 0 radical (unpaired) electrons. The highest BCUT2D eigenvalue weighted by molar-refractivity contribution is 5.71. The quantitative estimate of drug-likeness (QED) is 0.0211. The van der Waals surface area contributed by atoms with Crippen LogP contribution in [-0.4, -0.2) is 87.4 Å². The van der Waals surface area contributed by atoms with Crippen LogP contribution in [0.25, 0.3) is 0 Å². The van der Waals surface area contributed by atoms with Crippen LogP contribution >= 0.6 is 0 Å². The summed E-state index contributed by atoms with van der Waals surface area (Å²) in [5.41, 5.74) is 0. The third-order valence-corrected chi connectivity index (χ3v) is 15.8. The minimum Gasteiger partial charge on any atom is -0.477 e. The molecule has 9 nitrogen and oxygen atoms in total. The molecular formula is C69H134NO8+. The maximum atomic E-state index is 12.9. The summed E-state index contributed by atoms with van der Waals surface area (Å²) in [5.74, 6) is -1.97. The Morgan fingerprint density at radius 3 is 0.949 bits per heavy atom. The molecular weight excluding hydrogens is 971 g/mol. The molecule has 1 N–H and O–H groups in total. The molecule has 0 amide bonds. The van der Waals surface area contributed by atoms with E-state index in [4.69, 9.17) is 18.9 Å². The average Bonchev–Trinajstić information content (AvgIpc) is 3.41. The number of carbonyl (C=O) groups excluding carboxylic acids is 2. The number of unbranched alkanes of at least 4 members (excludes halogenated alkanes) is 48. The van der Waals surface area contributed by atoms with Gasteiger partial charge < -0.3 is 28.5 Å². The van der Waals surface area contributed by atoms with Crippen LogP contribution in [0.15, 0.2) is 12.2 Å². The lowest BCUT2D eigenvalue weighted by atomic mass is 10.0. The van der Waals surface area contributed by atoms with Crippen LogP contribution in [0.1, 0.15) is 354 Å². The molecule has 0 saturated heterocycles. The van der Waals surface area contributed by atoms with E-state index in [1.165, 1.54) is 289 Å². The summed E-state index contributed by atoms with van der Waals surface area (Å²) >= 11 is 0. The normalized spacial score (nSPS) is 12.7. The number of quaternary nitrogens is 1. The predicted molar refractivity (Wildman–Crippen MR) is 332 cm³/mol. The van der Waals surface area contributed by atoms with E-state index in [1.807, 2.05) is 21.1 Å². The Balaban J connectivity index is 4.07. The Kier molecular flexibility index (Phi) is 59.6. The smallest absolute Gasteiger partial charge is 0.361 e. The van der Waals surface area contributed by atoms with Crippen molar-refractivity contribution in [3.8, 4) is 0 Å². The van der Waals surface area contributed by atoms with Crippen LogP contribution in [0.5, 0.6) is 0 Å². The molecule has 0 aromatic rings. The number of rotatable bonds is 65. The molecule has 0 aromatic heterocycles. The van der Waals surface area contributed by atoms with Crippen molar-refractivity contribution in [1.82, 2.24) is 0 Å². The minimum atomic E-state index is -1.51. The van der Waals surface area contributed by atoms with Gasteiger partial charge in [-0.05, 0) is 38.5 Å². The van der Waals surface area contributed by atoms with Gasteiger partial charge >= 0.3 is 17.9 Å². The number of aliphatic carboxylic acids is 1. The Bertz CT molecular complexity index is 1280. The number of esters is 2. The molecule has 0 aromatic carbocycles. The van der Waals surface area contributed by atoms with Crippen LogP contribution in [0.2, 0.25) is 0 Å². The number of nitrogens with zero attached hydrogens (tertiary/aromatic N) is 1. The fourth-order valence-electron chi connectivity index (χ4n) is 10.5. The fraction of sp³-hybridized carbons (Fsp3) is 0.928. The van der Waals surface area contributed by atoms with Gasteiger partial charge in [-0.1, -0.05) is 315 Å². The summed E-state index contributed by atoms with van der Waals surface area (Å²) in [6.07, 6.45) is 70.4. The maximum absolute atomic E-state index is 12.9. The number of hydrogen-bond acceptors (Lipinski definition) is 7. The van der Waals surface area contributed by atoms with Gasteiger partial charge in [-0.25, -0.2) is 4.79 Å². The van der Waals surface area contributed by atoms with E-state index in [9.17, 15) is 19.5 Å². The van der Waals surface area contributed by atoms with Crippen LogP contribution in [0, 0.1) is 0 Å². The molecule has 0 bridgehead atoms. The molecule has 2 unspecified atom stereocenters. The standard InChI is InChI=1S/C69H133NO8/c1-6-8-10-12-14-16-18-20-22-24-26-28-30-32-33-34-35-36-38-40-42-44-46-48-50-52-54-56-58-60-67(72)78-65(64-77-69(68(73)74)75-62-61-70(3,4)5)63-76-66(71)59-57-55-53-51-49-47-45-43-41-39-37-31-29-27-25-23-21-19-17-15-13-11-9-7-2/h24,26,65,69H,6-23,25,27-64H2,1-5H3/p+1/b26-24-. The van der Waals surface area contributed by atoms with E-state index in [0.29, 0.717) is 17.4 Å². The minimum absolute atomic E-state index is 0.174. The van der Waals surface area contributed by atoms with Crippen molar-refractivity contribution in [2.24, 2.45) is 0 Å². The Labute approximate surface area is 485 Å². The molecule has 9 heteroatoms. The number of carboxylic acids is 1. The van der Waals surface area contributed by atoms with Crippen LogP contribution < -0.4 is 0 Å². The number of hydrogen-bond donors (Lipinski definition) is 1. The lowest BCUT2D eigenvalue weighted by Gasteiger charge is -2.25. The van der Waals surface area contributed by atoms with Gasteiger partial charge in [0.15, 0.2) is 6.10 Å². The van der Waals surface area contributed by atoms with E-state index < -0.39 is 18.4 Å². The predicted octanol–water partition coefficient (Wildman–Crippen LogP) is 20.9. The number of ether oxygens (including phenoxy) is 4. The van der Waals surface area contributed by atoms with Gasteiger partial charge in [0.1, 0.15) is 13.2 Å². The second kappa shape index (κ2) is 61.1. The lowest BCUT2D eigenvalue weighted by molar-refractivity contribution is -0.870. The summed E-state index contributed by atoms with van der Waals surface area (Å²) in [6.45, 7) is 4.96. The SMILES string of the molecule is CCCCCCCCCC/C=C\CCCCCCCCCCCCCCCCCCCC(=O)OC(COC(=O)CCCCCCCCCCCCCCCCCCCCCCCCCC)COC(OCC[N+](C)(C)C)C(=O)O. The van der Waals surface area contributed by atoms with Gasteiger partial charge in [0.25, 0.3) is 6.29 Å². The number of likely N-dealkylation sites (N-methyl/N-ethyl adjacent to an activating group) is 1. The number of carboxylic acid groups (broad SMARTS) is 1. The van der Waals surface area contributed by atoms with Crippen molar-refractivity contribution >= 4 is 17.9 Å². The Morgan fingerprint density at radius 1 is 0.372 bits per heavy atom. The first kappa shape index (κ1) is 76.0. The largest absolute Gasteiger partial charge is 0.477 e. The second-order valence-corrected chi connectivity index (χ2v) is 24.8. The molecule has 78 heavy (non-hydrogen) atoms. The summed E-state index contributed by atoms with van der Waals surface area (Å²) in [6, 6.07) is 0. The van der Waals surface area contributed by atoms with E-state index in [1.54, 1.807) is 0 Å². The van der Waals surface area contributed by atoms with Crippen molar-refractivity contribution in [3.05, 3.63) is 12.2 Å². The van der Waals surface area contributed by atoms with Gasteiger partial charge in [0, 0.05) is 12.8 Å². The van der Waals surface area contributed by atoms with Crippen molar-refractivity contribution in [2.45, 2.75) is 367 Å². The highest BCUT2D eigenvalue weighted by atomic mass is 16.7. The molecule has 0 heterocycles. The monoisotopic (exact) mass is 1110 g/mol. The zero-order chi connectivity index (χ0) is 56.9. The highest BCUT2D eigenvalue weighted by Crippen LogP contribution is 2.19. The van der Waals surface area contributed by atoms with E-state index in [-0.39, 0.29) is 38.2 Å². The third kappa shape index (κ3) is 61.6. The molecule has 0 saturated carbocycles. The molecule has 0 rings (SSSR count). The second-order valence-electron chi connectivity index (χ2n) is 24.8. The molecule has 0 spiro atoms. The van der Waals surface area contributed by atoms with Crippen molar-refractivity contribution in [1.29, 1.82) is 0 Å². The first-order valence-electron chi connectivity index (χ1n) is 34.4. The van der Waals surface area contributed by atoms with Gasteiger partial charge in [-0.15, -0.1) is 0 Å². The molecule has 0 aliphatic carbocycles. The van der Waals surface area contributed by atoms with Crippen LogP contribution in [0.4, 0.5) is 0 Å². The molecule has 462 valence electrons. The average molecular weight is 1110 g/mol. The third-order valence-electron chi connectivity index (χ3n) is 15.8. The summed E-state index contributed by atoms with van der Waals surface area (Å²) < 4.78 is 23.0. The molecule has 0 aliphatic rings. The van der Waals surface area contributed by atoms with Crippen molar-refractivity contribution < 1.29 is 42.9 Å². The molecule has 0 aliphatic heterocycles. The summed E-state index contributed by atoms with van der Waals surface area (Å²) in [4.78, 5) is 37.6. The van der Waals surface area contributed by atoms with Crippen LogP contribution in [-0.2, 0) is 33.3 Å². The zero-order valence-electron chi connectivity index (χ0n) is 52.9. The Hall–Kier alpha value is -1.97. The zero-order valence-corrected chi connectivity index (χ0v) is 52.9. The van der Waals surface area contributed by atoms with E-state index in [2.05, 4.69) is 26.0 Å². The number of carbonyl (C=O) groups is 3. The molecule has 2 atom stereocenters. The lowest BCUT2D eigenvalue weighted by Crippen LogP contribution is -2.40. The van der Waals surface area contributed by atoms with E-state index in [0.717, 1.165) is 38.5 Å². The number of allylic oxidation sites excluding steroid dienone is 2. The van der Waals surface area contributed by atoms with Gasteiger partial charge in [-0.2, -0.15) is 0 Å². The summed E-state index contributed by atoms with van der Waals surface area (Å²) in [7, 11) is 5.99. The van der Waals surface area contributed by atoms with Crippen LogP contribution in [0.3, 0.4) is 0 Å². The maximum Gasteiger partial charge on any atom is 0.361 e. The van der Waals surface area contributed by atoms with Crippen molar-refractivity contribution in [2.75, 3.05) is 47.5 Å². The van der Waals surface area contributed by atoms with E-state index >= 15 is 0 Å². The topological polar surface area (TPSA) is 108 Å². The first-order chi connectivity index (χ1) is 38.1. The fourth-order valence-corrected chi connectivity index (χ4v) is 10.5. The van der Waals surface area contributed by atoms with Gasteiger partial charge in [0.2, 0.25) is 0 Å². The molecule has 0 fully saturated rings.